The van der Waals surface area contributed by atoms with Crippen molar-refractivity contribution in [2.24, 2.45) is 0 Å². The van der Waals surface area contributed by atoms with Crippen LogP contribution < -0.4 is 5.32 Å². The lowest BCUT2D eigenvalue weighted by molar-refractivity contribution is -0.141. The number of nitrogens with zero attached hydrogens (tertiary/aromatic N) is 2. The molecule has 0 fully saturated rings. The minimum Gasteiger partial charge on any atom is -0.321 e. The van der Waals surface area contributed by atoms with E-state index in [-0.39, 0.29) is 16.4 Å². The number of pyridine rings is 2. The maximum Gasteiger partial charge on any atom is 0.433 e. The summed E-state index contributed by atoms with van der Waals surface area (Å²) in [5, 5.41) is 2.64. The Hall–Kier alpha value is -2.15. The molecular formula is C12H7ClF3N3O. The number of hydrogen-bond acceptors (Lipinski definition) is 3. The minimum absolute atomic E-state index is 0.151. The topological polar surface area (TPSA) is 54.9 Å². The van der Waals surface area contributed by atoms with Crippen molar-refractivity contribution in [1.82, 2.24) is 9.97 Å². The molecule has 0 spiro atoms. The molecule has 2 rings (SSSR count). The summed E-state index contributed by atoms with van der Waals surface area (Å²) < 4.78 is 36.9. The summed E-state index contributed by atoms with van der Waals surface area (Å²) in [6.45, 7) is 0. The first-order valence-corrected chi connectivity index (χ1v) is 5.70. The average Bonchev–Trinajstić information content (AvgIpc) is 2.39. The smallest absolute Gasteiger partial charge is 0.321 e. The van der Waals surface area contributed by atoms with Gasteiger partial charge in [0, 0.05) is 6.20 Å². The zero-order valence-electron chi connectivity index (χ0n) is 9.78. The number of aromatic nitrogens is 2. The molecule has 0 aliphatic carbocycles. The number of rotatable bonds is 2. The molecule has 0 saturated heterocycles. The van der Waals surface area contributed by atoms with Crippen molar-refractivity contribution >= 4 is 23.2 Å². The molecule has 0 aliphatic heterocycles. The molecule has 0 radical (unpaired) electrons. The van der Waals surface area contributed by atoms with Crippen molar-refractivity contribution < 1.29 is 18.0 Å². The molecule has 104 valence electrons. The Kier molecular flexibility index (Phi) is 3.89. The Morgan fingerprint density at radius 2 is 1.85 bits per heavy atom. The van der Waals surface area contributed by atoms with Gasteiger partial charge in [-0.3, -0.25) is 4.79 Å². The monoisotopic (exact) mass is 301 g/mol. The second-order valence-corrected chi connectivity index (χ2v) is 4.14. The van der Waals surface area contributed by atoms with Crippen molar-refractivity contribution in [3.05, 3.63) is 53.1 Å². The second-order valence-electron chi connectivity index (χ2n) is 3.75. The molecule has 0 bridgehead atoms. The highest BCUT2D eigenvalue weighted by Gasteiger charge is 2.32. The lowest BCUT2D eigenvalue weighted by Crippen LogP contribution is -2.13. The van der Waals surface area contributed by atoms with Gasteiger partial charge in [0.05, 0.1) is 17.4 Å². The van der Waals surface area contributed by atoms with Crippen LogP contribution in [0.4, 0.5) is 18.9 Å². The predicted octanol–water partition coefficient (Wildman–Crippen LogP) is 3.40. The van der Waals surface area contributed by atoms with E-state index in [0.29, 0.717) is 0 Å². The molecule has 1 amide bonds. The second kappa shape index (κ2) is 5.46. The molecule has 0 unspecified atom stereocenters. The number of carbonyl (C=O) groups is 1. The number of alkyl halides is 3. The lowest BCUT2D eigenvalue weighted by atomic mass is 10.2. The third-order valence-corrected chi connectivity index (χ3v) is 2.52. The van der Waals surface area contributed by atoms with Crippen LogP contribution in [0.25, 0.3) is 0 Å². The summed E-state index contributed by atoms with van der Waals surface area (Å²) >= 11 is 5.58. The first kappa shape index (κ1) is 14.3. The van der Waals surface area contributed by atoms with Crippen LogP contribution in [0.3, 0.4) is 0 Å². The highest BCUT2D eigenvalue weighted by atomic mass is 35.5. The van der Waals surface area contributed by atoms with Crippen LogP contribution >= 0.6 is 11.6 Å². The molecule has 2 heterocycles. The summed E-state index contributed by atoms with van der Waals surface area (Å²) in [6.07, 6.45) is -2.32. The van der Waals surface area contributed by atoms with E-state index in [2.05, 4.69) is 15.3 Å². The molecule has 0 aromatic carbocycles. The Morgan fingerprint density at radius 3 is 2.35 bits per heavy atom. The molecule has 20 heavy (non-hydrogen) atoms. The summed E-state index contributed by atoms with van der Waals surface area (Å²) in [4.78, 5) is 18.7. The summed E-state index contributed by atoms with van der Waals surface area (Å²) in [6, 6.07) is 4.79. The Labute approximate surface area is 116 Å². The van der Waals surface area contributed by atoms with Gasteiger partial charge < -0.3 is 5.32 Å². The van der Waals surface area contributed by atoms with E-state index >= 15 is 0 Å². The van der Waals surface area contributed by atoms with Crippen molar-refractivity contribution in [2.75, 3.05) is 5.32 Å². The van der Waals surface area contributed by atoms with Gasteiger partial charge in [-0.15, -0.1) is 0 Å². The summed E-state index contributed by atoms with van der Waals surface area (Å²) in [5.41, 5.74) is -0.643. The number of anilines is 1. The number of amides is 1. The fraction of sp³-hybridized carbons (Fsp3) is 0.0833. The highest BCUT2D eigenvalue weighted by Crippen LogP contribution is 2.27. The molecule has 0 aliphatic rings. The Bertz CT molecular complexity index is 611. The quantitative estimate of drug-likeness (QED) is 0.865. The zero-order valence-corrected chi connectivity index (χ0v) is 10.5. The SMILES string of the molecule is O=C(Nc1ccc(C(F)(F)F)nc1)c1ccc(Cl)nc1. The van der Waals surface area contributed by atoms with Gasteiger partial charge in [-0.05, 0) is 24.3 Å². The number of halogens is 4. The minimum atomic E-state index is -4.51. The predicted molar refractivity (Wildman–Crippen MR) is 66.4 cm³/mol. The van der Waals surface area contributed by atoms with Gasteiger partial charge >= 0.3 is 6.18 Å². The van der Waals surface area contributed by atoms with Gasteiger partial charge in [-0.25, -0.2) is 9.97 Å². The van der Waals surface area contributed by atoms with Crippen LogP contribution in [0.15, 0.2) is 36.7 Å². The van der Waals surface area contributed by atoms with E-state index in [1.165, 1.54) is 18.3 Å². The van der Waals surface area contributed by atoms with Crippen LogP contribution in [0.2, 0.25) is 5.15 Å². The van der Waals surface area contributed by atoms with Crippen LogP contribution in [-0.4, -0.2) is 15.9 Å². The largest absolute Gasteiger partial charge is 0.433 e. The first-order chi connectivity index (χ1) is 9.36. The van der Waals surface area contributed by atoms with Gasteiger partial charge in [0.2, 0.25) is 0 Å². The van der Waals surface area contributed by atoms with Crippen molar-refractivity contribution in [3.8, 4) is 0 Å². The highest BCUT2D eigenvalue weighted by molar-refractivity contribution is 6.29. The van der Waals surface area contributed by atoms with Gasteiger partial charge in [0.15, 0.2) is 0 Å². The first-order valence-electron chi connectivity index (χ1n) is 5.32. The average molecular weight is 302 g/mol. The molecule has 0 atom stereocenters. The van der Waals surface area contributed by atoms with E-state index in [9.17, 15) is 18.0 Å². The van der Waals surface area contributed by atoms with E-state index < -0.39 is 17.8 Å². The third kappa shape index (κ3) is 3.45. The summed E-state index contributed by atoms with van der Waals surface area (Å²) in [5.74, 6) is -0.518. The number of nitrogens with one attached hydrogen (secondary N) is 1. The van der Waals surface area contributed by atoms with E-state index in [1.807, 2.05) is 0 Å². The van der Waals surface area contributed by atoms with Crippen LogP contribution in [-0.2, 0) is 6.18 Å². The number of hydrogen-bond donors (Lipinski definition) is 1. The fourth-order valence-corrected chi connectivity index (χ4v) is 1.46. The molecule has 2 aromatic heterocycles. The lowest BCUT2D eigenvalue weighted by Gasteiger charge is -2.07. The van der Waals surface area contributed by atoms with E-state index in [4.69, 9.17) is 11.6 Å². The normalized spacial score (nSPS) is 11.2. The molecule has 1 N–H and O–H groups in total. The Morgan fingerprint density at radius 1 is 1.10 bits per heavy atom. The summed E-state index contributed by atoms with van der Waals surface area (Å²) in [7, 11) is 0. The van der Waals surface area contributed by atoms with Crippen LogP contribution in [0.5, 0.6) is 0 Å². The Balaban J connectivity index is 2.10. The fourth-order valence-electron chi connectivity index (χ4n) is 1.35. The number of carbonyl (C=O) groups excluding carboxylic acids is 1. The molecule has 0 saturated carbocycles. The molecule has 8 heteroatoms. The maximum absolute atomic E-state index is 12.3. The van der Waals surface area contributed by atoms with Crippen molar-refractivity contribution in [3.63, 3.8) is 0 Å². The third-order valence-electron chi connectivity index (χ3n) is 2.30. The molecule has 2 aromatic rings. The van der Waals surface area contributed by atoms with Crippen LogP contribution in [0.1, 0.15) is 16.1 Å². The molecular weight excluding hydrogens is 295 g/mol. The maximum atomic E-state index is 12.3. The van der Waals surface area contributed by atoms with E-state index in [1.54, 1.807) is 0 Å². The zero-order chi connectivity index (χ0) is 14.8. The molecule has 4 nitrogen and oxygen atoms in total. The van der Waals surface area contributed by atoms with Gasteiger partial charge in [-0.1, -0.05) is 11.6 Å². The van der Waals surface area contributed by atoms with E-state index in [0.717, 1.165) is 18.3 Å². The van der Waals surface area contributed by atoms with Gasteiger partial charge in [0.1, 0.15) is 10.8 Å². The standard InChI is InChI=1S/C12H7ClF3N3O/c13-10-4-1-7(5-18-10)11(20)19-8-2-3-9(17-6-8)12(14,15)16/h1-6H,(H,19,20). The van der Waals surface area contributed by atoms with Gasteiger partial charge in [0.25, 0.3) is 5.91 Å². The van der Waals surface area contributed by atoms with Gasteiger partial charge in [-0.2, -0.15) is 13.2 Å². The van der Waals surface area contributed by atoms with Crippen molar-refractivity contribution in [2.45, 2.75) is 6.18 Å². The van der Waals surface area contributed by atoms with Crippen molar-refractivity contribution in [1.29, 1.82) is 0 Å². The van der Waals surface area contributed by atoms with Crippen LogP contribution in [0, 0.1) is 0 Å².